The summed E-state index contributed by atoms with van der Waals surface area (Å²) in [7, 11) is 0. The van der Waals surface area contributed by atoms with Crippen LogP contribution in [0.5, 0.6) is 0 Å². The second kappa shape index (κ2) is 3.46. The van der Waals surface area contributed by atoms with Crippen molar-refractivity contribution in [1.82, 2.24) is 4.98 Å². The topological polar surface area (TPSA) is 12.9 Å². The molecule has 1 aliphatic rings. The largest absolute Gasteiger partial charge is 0.244 e. The molecule has 1 atom stereocenters. The summed E-state index contributed by atoms with van der Waals surface area (Å²) >= 11 is 7.02. The molecule has 0 radical (unpaired) electrons. The Morgan fingerprint density at radius 2 is 2.25 bits per heavy atom. The van der Waals surface area contributed by atoms with E-state index in [1.165, 1.54) is 30.5 Å². The number of aromatic nitrogens is 1. The van der Waals surface area contributed by atoms with Gasteiger partial charge in [-0.1, -0.05) is 22.0 Å². The summed E-state index contributed by atoms with van der Waals surface area (Å²) in [5.41, 5.74) is 2.61. The normalized spacial score (nSPS) is 22.0. The molecule has 2 rings (SSSR count). The highest BCUT2D eigenvalue weighted by Crippen LogP contribution is 2.35. The molecule has 0 aliphatic heterocycles. The summed E-state index contributed by atoms with van der Waals surface area (Å²) in [5, 5.41) is 0. The molecule has 0 saturated carbocycles. The smallest absolute Gasteiger partial charge is 0.106 e. The van der Waals surface area contributed by atoms with E-state index >= 15 is 0 Å². The van der Waals surface area contributed by atoms with Gasteiger partial charge in [-0.05, 0) is 46.8 Å². The quantitative estimate of drug-likeness (QED) is 0.525. The van der Waals surface area contributed by atoms with Gasteiger partial charge in [0.1, 0.15) is 4.60 Å². The van der Waals surface area contributed by atoms with Gasteiger partial charge in [0, 0.05) is 0 Å². The maximum absolute atomic E-state index is 4.46. The van der Waals surface area contributed by atoms with Crippen LogP contribution in [-0.2, 0) is 6.42 Å². The highest BCUT2D eigenvalue weighted by Gasteiger charge is 2.18. The summed E-state index contributed by atoms with van der Waals surface area (Å²) in [4.78, 5) is 4.92. The molecule has 0 N–H and O–H groups in total. The Hall–Kier alpha value is 0.110. The Bertz CT molecular complexity index is 299. The zero-order chi connectivity index (χ0) is 8.55. The number of nitrogens with zero attached hydrogens (tertiary/aromatic N) is 1. The lowest BCUT2D eigenvalue weighted by molar-refractivity contribution is 0.661. The van der Waals surface area contributed by atoms with Crippen molar-refractivity contribution in [3.8, 4) is 0 Å². The Morgan fingerprint density at radius 3 is 3.08 bits per heavy atom. The monoisotopic (exact) mass is 289 g/mol. The van der Waals surface area contributed by atoms with Gasteiger partial charge in [0.2, 0.25) is 0 Å². The second-order valence-corrected chi connectivity index (χ2v) is 4.96. The van der Waals surface area contributed by atoms with Gasteiger partial charge in [-0.15, -0.1) is 0 Å². The van der Waals surface area contributed by atoms with E-state index in [1.54, 1.807) is 0 Å². The number of fused-ring (bicyclic) bond motifs is 1. The van der Waals surface area contributed by atoms with Crippen molar-refractivity contribution in [2.45, 2.75) is 24.1 Å². The minimum Gasteiger partial charge on any atom is -0.244 e. The summed E-state index contributed by atoms with van der Waals surface area (Å²) in [6, 6.07) is 4.18. The molecule has 3 heteroatoms. The van der Waals surface area contributed by atoms with Crippen LogP contribution in [0.25, 0.3) is 0 Å². The zero-order valence-electron chi connectivity index (χ0n) is 6.56. The molecule has 0 saturated heterocycles. The highest BCUT2D eigenvalue weighted by atomic mass is 79.9. The van der Waals surface area contributed by atoms with E-state index in [0.29, 0.717) is 4.83 Å². The van der Waals surface area contributed by atoms with Gasteiger partial charge >= 0.3 is 0 Å². The predicted molar refractivity (Wildman–Crippen MR) is 56.5 cm³/mol. The standard InChI is InChI=1S/C9H9Br2N/c10-7-3-1-2-6-4-5-8(11)12-9(6)7/h4-5,7H,1-3H2. The van der Waals surface area contributed by atoms with E-state index in [-0.39, 0.29) is 0 Å². The summed E-state index contributed by atoms with van der Waals surface area (Å²) in [6.07, 6.45) is 3.65. The number of alkyl halides is 1. The SMILES string of the molecule is Brc1ccc2c(n1)C(Br)CCC2. The van der Waals surface area contributed by atoms with Crippen molar-refractivity contribution < 1.29 is 0 Å². The molecule has 64 valence electrons. The Labute approximate surface area is 88.8 Å². The molecule has 12 heavy (non-hydrogen) atoms. The highest BCUT2D eigenvalue weighted by molar-refractivity contribution is 9.10. The maximum atomic E-state index is 4.46. The van der Waals surface area contributed by atoms with E-state index in [4.69, 9.17) is 0 Å². The molecule has 1 heterocycles. The molecule has 1 aromatic heterocycles. The number of aryl methyl sites for hydroxylation is 1. The van der Waals surface area contributed by atoms with Crippen LogP contribution in [0.3, 0.4) is 0 Å². The molecule has 1 nitrogen and oxygen atoms in total. The molecule has 1 aromatic rings. The summed E-state index contributed by atoms with van der Waals surface area (Å²) < 4.78 is 0.938. The lowest BCUT2D eigenvalue weighted by atomic mass is 9.96. The average molecular weight is 291 g/mol. The first-order chi connectivity index (χ1) is 5.77. The second-order valence-electron chi connectivity index (χ2n) is 3.04. The molecule has 0 bridgehead atoms. The van der Waals surface area contributed by atoms with Gasteiger partial charge in [-0.2, -0.15) is 0 Å². The van der Waals surface area contributed by atoms with Crippen LogP contribution in [-0.4, -0.2) is 4.98 Å². The van der Waals surface area contributed by atoms with E-state index in [1.807, 2.05) is 6.07 Å². The van der Waals surface area contributed by atoms with Gasteiger partial charge in [0.05, 0.1) is 10.5 Å². The first kappa shape index (κ1) is 8.70. The summed E-state index contributed by atoms with van der Waals surface area (Å²) in [6.45, 7) is 0. The number of rotatable bonds is 0. The summed E-state index contributed by atoms with van der Waals surface area (Å²) in [5.74, 6) is 0. The number of hydrogen-bond donors (Lipinski definition) is 0. The van der Waals surface area contributed by atoms with E-state index < -0.39 is 0 Å². The third kappa shape index (κ3) is 1.57. The Morgan fingerprint density at radius 1 is 1.42 bits per heavy atom. The predicted octanol–water partition coefficient (Wildman–Crippen LogP) is 3.62. The molecule has 0 fully saturated rings. The maximum Gasteiger partial charge on any atom is 0.106 e. The van der Waals surface area contributed by atoms with Gasteiger partial charge in [-0.3, -0.25) is 0 Å². The van der Waals surface area contributed by atoms with Gasteiger partial charge < -0.3 is 0 Å². The van der Waals surface area contributed by atoms with Crippen LogP contribution >= 0.6 is 31.9 Å². The van der Waals surface area contributed by atoms with Crippen LogP contribution in [0.2, 0.25) is 0 Å². The molecule has 0 amide bonds. The van der Waals surface area contributed by atoms with E-state index in [0.717, 1.165) is 4.60 Å². The number of halogens is 2. The number of hydrogen-bond acceptors (Lipinski definition) is 1. The van der Waals surface area contributed by atoms with Crippen molar-refractivity contribution in [2.75, 3.05) is 0 Å². The molecule has 0 aromatic carbocycles. The van der Waals surface area contributed by atoms with Crippen molar-refractivity contribution >= 4 is 31.9 Å². The Kier molecular flexibility index (Phi) is 2.51. The Balaban J connectivity index is 2.47. The van der Waals surface area contributed by atoms with Crippen molar-refractivity contribution in [1.29, 1.82) is 0 Å². The third-order valence-corrected chi connectivity index (χ3v) is 3.51. The fourth-order valence-corrected chi connectivity index (χ4v) is 2.61. The zero-order valence-corrected chi connectivity index (χ0v) is 9.73. The van der Waals surface area contributed by atoms with E-state index in [9.17, 15) is 0 Å². The van der Waals surface area contributed by atoms with Crippen molar-refractivity contribution in [3.05, 3.63) is 28.0 Å². The van der Waals surface area contributed by atoms with Crippen molar-refractivity contribution in [2.24, 2.45) is 0 Å². The van der Waals surface area contributed by atoms with Gasteiger partial charge in [0.15, 0.2) is 0 Å². The van der Waals surface area contributed by atoms with Crippen LogP contribution in [0.1, 0.15) is 28.9 Å². The number of pyridine rings is 1. The lowest BCUT2D eigenvalue weighted by Crippen LogP contribution is -2.07. The first-order valence-electron chi connectivity index (χ1n) is 4.07. The van der Waals surface area contributed by atoms with Crippen LogP contribution in [0, 0.1) is 0 Å². The lowest BCUT2D eigenvalue weighted by Gasteiger charge is -2.19. The molecule has 1 unspecified atom stereocenters. The molecule has 1 aliphatic carbocycles. The van der Waals surface area contributed by atoms with Crippen LogP contribution in [0.4, 0.5) is 0 Å². The fourth-order valence-electron chi connectivity index (χ4n) is 1.57. The van der Waals surface area contributed by atoms with Gasteiger partial charge in [0.25, 0.3) is 0 Å². The first-order valence-corrected chi connectivity index (χ1v) is 5.77. The third-order valence-electron chi connectivity index (χ3n) is 2.18. The average Bonchev–Trinajstić information content (AvgIpc) is 2.07. The fraction of sp³-hybridized carbons (Fsp3) is 0.444. The minimum absolute atomic E-state index is 0.457. The van der Waals surface area contributed by atoms with Crippen LogP contribution in [0.15, 0.2) is 16.7 Å². The molecular weight excluding hydrogens is 282 g/mol. The van der Waals surface area contributed by atoms with E-state index in [2.05, 4.69) is 42.9 Å². The molecular formula is C9H9Br2N. The minimum atomic E-state index is 0.457. The molecule has 0 spiro atoms. The van der Waals surface area contributed by atoms with Crippen molar-refractivity contribution in [3.63, 3.8) is 0 Å². The van der Waals surface area contributed by atoms with Crippen LogP contribution < -0.4 is 0 Å². The van der Waals surface area contributed by atoms with Gasteiger partial charge in [-0.25, -0.2) is 4.98 Å².